The van der Waals surface area contributed by atoms with E-state index in [0.29, 0.717) is 5.92 Å². The summed E-state index contributed by atoms with van der Waals surface area (Å²) in [7, 11) is 1.93. The van der Waals surface area contributed by atoms with E-state index in [0.717, 1.165) is 17.6 Å². The molecule has 4 rings (SSSR count). The Kier molecular flexibility index (Phi) is 2.72. The molecule has 0 radical (unpaired) electrons. The molecular weight excluding hydrogens is 246 g/mol. The Morgan fingerprint density at radius 1 is 1.00 bits per heavy atom. The van der Waals surface area contributed by atoms with Crippen molar-refractivity contribution < 1.29 is 0 Å². The lowest BCUT2D eigenvalue weighted by atomic mass is 10.0. The van der Waals surface area contributed by atoms with E-state index >= 15 is 0 Å². The molecule has 0 aliphatic heterocycles. The zero-order chi connectivity index (χ0) is 13.5. The van der Waals surface area contributed by atoms with Gasteiger partial charge in [-0.2, -0.15) is 0 Å². The van der Waals surface area contributed by atoms with Crippen molar-refractivity contribution in [3.63, 3.8) is 0 Å². The van der Waals surface area contributed by atoms with E-state index in [4.69, 9.17) is 4.98 Å². The summed E-state index contributed by atoms with van der Waals surface area (Å²) in [5.74, 6) is 3.19. The van der Waals surface area contributed by atoms with E-state index in [-0.39, 0.29) is 0 Å². The van der Waals surface area contributed by atoms with Crippen LogP contribution < -0.4 is 5.32 Å². The Bertz CT molecular complexity index is 642. The molecule has 2 aromatic rings. The van der Waals surface area contributed by atoms with Crippen molar-refractivity contribution in [1.29, 1.82) is 0 Å². The Hall–Kier alpha value is -1.90. The lowest BCUT2D eigenvalue weighted by molar-refractivity contribution is 0.989. The van der Waals surface area contributed by atoms with Crippen LogP contribution in [0, 0.1) is 0 Å². The fourth-order valence-corrected chi connectivity index (χ4v) is 2.75. The van der Waals surface area contributed by atoms with E-state index in [1.807, 2.05) is 7.05 Å². The average Bonchev–Trinajstić information content (AvgIpc) is 3.39. The number of nitrogens with zero attached hydrogens (tertiary/aromatic N) is 2. The summed E-state index contributed by atoms with van der Waals surface area (Å²) in [6, 6.07) is 10.7. The molecule has 0 unspecified atom stereocenters. The van der Waals surface area contributed by atoms with Crippen LogP contribution in [0.5, 0.6) is 0 Å². The highest BCUT2D eigenvalue weighted by molar-refractivity contribution is 5.64. The predicted molar refractivity (Wildman–Crippen MR) is 81.0 cm³/mol. The molecule has 2 aliphatic carbocycles. The minimum Gasteiger partial charge on any atom is -0.373 e. The zero-order valence-electron chi connectivity index (χ0n) is 11.8. The molecule has 0 amide bonds. The number of nitrogens with one attached hydrogen (secondary N) is 1. The van der Waals surface area contributed by atoms with Crippen LogP contribution in [0.4, 0.5) is 5.82 Å². The van der Waals surface area contributed by atoms with Crippen molar-refractivity contribution in [3.8, 4) is 11.4 Å². The van der Waals surface area contributed by atoms with Crippen molar-refractivity contribution in [2.24, 2.45) is 0 Å². The van der Waals surface area contributed by atoms with Gasteiger partial charge in [0.25, 0.3) is 0 Å². The SMILES string of the molecule is CNc1cc(C2CC2)nc(-c2ccccc2C2CC2)n1. The molecule has 2 saturated carbocycles. The van der Waals surface area contributed by atoms with Gasteiger partial charge in [-0.3, -0.25) is 0 Å². The fraction of sp³-hybridized carbons (Fsp3) is 0.412. The van der Waals surface area contributed by atoms with Crippen LogP contribution in [-0.2, 0) is 0 Å². The van der Waals surface area contributed by atoms with E-state index in [2.05, 4.69) is 40.6 Å². The van der Waals surface area contributed by atoms with Crippen LogP contribution in [0.25, 0.3) is 11.4 Å². The zero-order valence-corrected chi connectivity index (χ0v) is 11.8. The molecule has 3 nitrogen and oxygen atoms in total. The van der Waals surface area contributed by atoms with Crippen molar-refractivity contribution in [3.05, 3.63) is 41.6 Å². The van der Waals surface area contributed by atoms with Crippen LogP contribution in [0.3, 0.4) is 0 Å². The quantitative estimate of drug-likeness (QED) is 0.910. The summed E-state index contributed by atoms with van der Waals surface area (Å²) in [6.45, 7) is 0. The number of hydrogen-bond donors (Lipinski definition) is 1. The van der Waals surface area contributed by atoms with Gasteiger partial charge in [-0.15, -0.1) is 0 Å². The third-order valence-corrected chi connectivity index (χ3v) is 4.22. The molecule has 2 fully saturated rings. The van der Waals surface area contributed by atoms with Gasteiger partial charge in [0, 0.05) is 30.3 Å². The van der Waals surface area contributed by atoms with E-state index in [1.165, 1.54) is 42.5 Å². The van der Waals surface area contributed by atoms with Gasteiger partial charge in [0.1, 0.15) is 5.82 Å². The maximum absolute atomic E-state index is 4.83. The largest absolute Gasteiger partial charge is 0.373 e. The van der Waals surface area contributed by atoms with Crippen LogP contribution >= 0.6 is 0 Å². The number of anilines is 1. The van der Waals surface area contributed by atoms with Gasteiger partial charge in [-0.25, -0.2) is 9.97 Å². The highest BCUT2D eigenvalue weighted by atomic mass is 15.0. The van der Waals surface area contributed by atoms with Crippen LogP contribution in [-0.4, -0.2) is 17.0 Å². The second-order valence-electron chi connectivity index (χ2n) is 5.89. The van der Waals surface area contributed by atoms with Crippen molar-refractivity contribution in [2.45, 2.75) is 37.5 Å². The molecule has 0 saturated heterocycles. The first-order chi connectivity index (χ1) is 9.85. The third kappa shape index (κ3) is 2.17. The van der Waals surface area contributed by atoms with Gasteiger partial charge in [0.15, 0.2) is 5.82 Å². The summed E-state index contributed by atoms with van der Waals surface area (Å²) >= 11 is 0. The number of aromatic nitrogens is 2. The molecule has 1 aromatic heterocycles. The van der Waals surface area contributed by atoms with Crippen LogP contribution in [0.2, 0.25) is 0 Å². The monoisotopic (exact) mass is 265 g/mol. The lowest BCUT2D eigenvalue weighted by Gasteiger charge is -2.10. The summed E-state index contributed by atoms with van der Waals surface area (Å²) in [5, 5.41) is 3.17. The Balaban J connectivity index is 1.82. The number of rotatable bonds is 4. The molecule has 102 valence electrons. The van der Waals surface area contributed by atoms with Crippen LogP contribution in [0.15, 0.2) is 30.3 Å². The Morgan fingerprint density at radius 3 is 2.45 bits per heavy atom. The van der Waals surface area contributed by atoms with Gasteiger partial charge in [-0.1, -0.05) is 24.3 Å². The van der Waals surface area contributed by atoms with Crippen molar-refractivity contribution >= 4 is 5.82 Å². The highest BCUT2D eigenvalue weighted by Gasteiger charge is 2.29. The molecule has 0 atom stereocenters. The first kappa shape index (κ1) is 11.9. The molecule has 1 N–H and O–H groups in total. The number of benzene rings is 1. The number of hydrogen-bond acceptors (Lipinski definition) is 3. The minimum absolute atomic E-state index is 0.650. The standard InChI is InChI=1S/C17H19N3/c1-18-16-10-15(12-8-9-12)19-17(20-16)14-5-3-2-4-13(14)11-6-7-11/h2-5,10-12H,6-9H2,1H3,(H,18,19,20). The van der Waals surface area contributed by atoms with Crippen molar-refractivity contribution in [1.82, 2.24) is 9.97 Å². The lowest BCUT2D eigenvalue weighted by Crippen LogP contribution is -2.01. The molecule has 2 aliphatic rings. The average molecular weight is 265 g/mol. The molecule has 1 heterocycles. The highest BCUT2D eigenvalue weighted by Crippen LogP contribution is 2.45. The summed E-state index contributed by atoms with van der Waals surface area (Å²) in [4.78, 5) is 9.51. The maximum Gasteiger partial charge on any atom is 0.162 e. The maximum atomic E-state index is 4.83. The molecule has 0 bridgehead atoms. The third-order valence-electron chi connectivity index (χ3n) is 4.22. The van der Waals surface area contributed by atoms with Crippen molar-refractivity contribution in [2.75, 3.05) is 12.4 Å². The fourth-order valence-electron chi connectivity index (χ4n) is 2.75. The summed E-state index contributed by atoms with van der Waals surface area (Å²) in [6.07, 6.45) is 5.14. The second-order valence-corrected chi connectivity index (χ2v) is 5.89. The second kappa shape index (κ2) is 4.58. The first-order valence-electron chi connectivity index (χ1n) is 7.51. The molecule has 20 heavy (non-hydrogen) atoms. The normalized spacial score (nSPS) is 18.1. The van der Waals surface area contributed by atoms with Crippen LogP contribution in [0.1, 0.15) is 48.8 Å². The minimum atomic E-state index is 0.650. The van der Waals surface area contributed by atoms with E-state index in [1.54, 1.807) is 0 Å². The summed E-state index contributed by atoms with van der Waals surface area (Å²) in [5.41, 5.74) is 3.83. The molecule has 0 spiro atoms. The summed E-state index contributed by atoms with van der Waals surface area (Å²) < 4.78 is 0. The first-order valence-corrected chi connectivity index (χ1v) is 7.51. The van der Waals surface area contributed by atoms with Gasteiger partial charge in [0.2, 0.25) is 0 Å². The Labute approximate surface area is 119 Å². The molecular formula is C17H19N3. The topological polar surface area (TPSA) is 37.8 Å². The van der Waals surface area contributed by atoms with E-state index < -0.39 is 0 Å². The van der Waals surface area contributed by atoms with Gasteiger partial charge in [-0.05, 0) is 37.2 Å². The smallest absolute Gasteiger partial charge is 0.162 e. The van der Waals surface area contributed by atoms with Gasteiger partial charge < -0.3 is 5.32 Å². The molecule has 1 aromatic carbocycles. The van der Waals surface area contributed by atoms with E-state index in [9.17, 15) is 0 Å². The Morgan fingerprint density at radius 2 is 1.75 bits per heavy atom. The van der Waals surface area contributed by atoms with Gasteiger partial charge >= 0.3 is 0 Å². The predicted octanol–water partition coefficient (Wildman–Crippen LogP) is 3.94. The molecule has 3 heteroatoms. The van der Waals surface area contributed by atoms with Gasteiger partial charge in [0.05, 0.1) is 0 Å².